The number of aliphatic hydroxyl groups is 1. The second kappa shape index (κ2) is 6.86. The molecule has 0 heterocycles. The third-order valence-electron chi connectivity index (χ3n) is 2.50. The van der Waals surface area contributed by atoms with Crippen LogP contribution in [0, 0.1) is 0 Å². The average Bonchev–Trinajstić information content (AvgIpc) is 2.36. The highest BCUT2D eigenvalue weighted by Crippen LogP contribution is 2.05. The molecule has 3 heteroatoms. The smallest absolute Gasteiger partial charge is 0.246 e. The zero-order chi connectivity index (χ0) is 12.7. The third kappa shape index (κ3) is 4.41. The van der Waals surface area contributed by atoms with E-state index in [0.29, 0.717) is 6.54 Å². The number of hydrogen-bond acceptors (Lipinski definition) is 2. The van der Waals surface area contributed by atoms with E-state index in [1.54, 1.807) is 0 Å². The van der Waals surface area contributed by atoms with Crippen LogP contribution < -0.4 is 5.32 Å². The highest BCUT2D eigenvalue weighted by atomic mass is 16.3. The summed E-state index contributed by atoms with van der Waals surface area (Å²) in [5.41, 5.74) is 2.59. The lowest BCUT2D eigenvalue weighted by Crippen LogP contribution is -2.23. The number of rotatable bonds is 5. The van der Waals surface area contributed by atoms with Crippen molar-refractivity contribution in [3.8, 4) is 0 Å². The van der Waals surface area contributed by atoms with Gasteiger partial charge in [-0.1, -0.05) is 37.3 Å². The summed E-state index contributed by atoms with van der Waals surface area (Å²) in [5, 5.41) is 11.8. The fraction of sp³-hybridized carbons (Fsp3) is 0.357. The van der Waals surface area contributed by atoms with Crippen molar-refractivity contribution < 1.29 is 9.90 Å². The van der Waals surface area contributed by atoms with Crippen molar-refractivity contribution in [3.63, 3.8) is 0 Å². The van der Waals surface area contributed by atoms with Crippen molar-refractivity contribution in [1.29, 1.82) is 0 Å². The lowest BCUT2D eigenvalue weighted by atomic mass is 10.1. The van der Waals surface area contributed by atoms with Gasteiger partial charge in [-0.3, -0.25) is 4.79 Å². The minimum Gasteiger partial charge on any atom is -0.392 e. The first-order valence-corrected chi connectivity index (χ1v) is 5.81. The Balaban J connectivity index is 2.55. The summed E-state index contributed by atoms with van der Waals surface area (Å²) < 4.78 is 0. The molecule has 0 atom stereocenters. The molecule has 1 rings (SSSR count). The normalized spacial score (nSPS) is 11.4. The molecule has 0 aliphatic heterocycles. The maximum Gasteiger partial charge on any atom is 0.246 e. The summed E-state index contributed by atoms with van der Waals surface area (Å²) >= 11 is 0. The van der Waals surface area contributed by atoms with Crippen LogP contribution in [0.2, 0.25) is 0 Å². The van der Waals surface area contributed by atoms with Crippen LogP contribution in [0.1, 0.15) is 31.4 Å². The summed E-state index contributed by atoms with van der Waals surface area (Å²) in [6.07, 6.45) is 2.76. The van der Waals surface area contributed by atoms with E-state index < -0.39 is 0 Å². The molecule has 0 bridgehead atoms. The first-order chi connectivity index (χ1) is 8.17. The van der Waals surface area contributed by atoms with E-state index in [-0.39, 0.29) is 12.5 Å². The van der Waals surface area contributed by atoms with Gasteiger partial charge in [-0.15, -0.1) is 0 Å². The number of carbonyl (C=O) groups excluding carboxylic acids is 1. The molecule has 0 aliphatic carbocycles. The summed E-state index contributed by atoms with van der Waals surface area (Å²) in [6.45, 7) is 4.32. The molecule has 0 saturated heterocycles. The molecule has 0 fully saturated rings. The molecular formula is C14H19NO2. The Morgan fingerprint density at radius 2 is 2.12 bits per heavy atom. The Labute approximate surface area is 102 Å². The fourth-order valence-corrected chi connectivity index (χ4v) is 1.56. The van der Waals surface area contributed by atoms with Crippen molar-refractivity contribution in [1.82, 2.24) is 5.32 Å². The second-order valence-electron chi connectivity index (χ2n) is 3.96. The van der Waals surface area contributed by atoms with Gasteiger partial charge in [0.2, 0.25) is 5.91 Å². The number of hydrogen-bond donors (Lipinski definition) is 2. The minimum absolute atomic E-state index is 0.0244. The maximum absolute atomic E-state index is 11.6. The molecule has 0 saturated carbocycles. The van der Waals surface area contributed by atoms with Crippen molar-refractivity contribution in [2.24, 2.45) is 0 Å². The molecule has 1 aromatic rings. The van der Waals surface area contributed by atoms with Crippen LogP contribution in [0.3, 0.4) is 0 Å². The Bertz CT molecular complexity index is 410. The summed E-state index contributed by atoms with van der Waals surface area (Å²) in [7, 11) is 0. The molecule has 1 aromatic carbocycles. The Morgan fingerprint density at radius 3 is 2.76 bits per heavy atom. The zero-order valence-corrected chi connectivity index (χ0v) is 10.4. The number of carbonyl (C=O) groups is 1. The molecule has 17 heavy (non-hydrogen) atoms. The predicted octanol–water partition coefficient (Wildman–Crippen LogP) is 2.15. The molecule has 92 valence electrons. The molecule has 3 nitrogen and oxygen atoms in total. The second-order valence-corrected chi connectivity index (χ2v) is 3.96. The number of nitrogens with one attached hydrogen (secondary N) is 1. The van der Waals surface area contributed by atoms with Gasteiger partial charge in [0.25, 0.3) is 0 Å². The van der Waals surface area contributed by atoms with Gasteiger partial charge in [-0.25, -0.2) is 0 Å². The zero-order valence-electron chi connectivity index (χ0n) is 10.4. The molecule has 0 spiro atoms. The lowest BCUT2D eigenvalue weighted by Gasteiger charge is -2.06. The quantitative estimate of drug-likeness (QED) is 0.766. The Hall–Kier alpha value is -1.61. The monoisotopic (exact) mass is 233 g/mol. The van der Waals surface area contributed by atoms with Crippen LogP contribution in [0.25, 0.3) is 0 Å². The number of aliphatic hydroxyl groups excluding tert-OH is 1. The van der Waals surface area contributed by atoms with Crippen LogP contribution in [-0.2, 0) is 17.9 Å². The molecule has 0 unspecified atom stereocenters. The number of allylic oxidation sites excluding steroid dienone is 1. The van der Waals surface area contributed by atoms with Crippen molar-refractivity contribution in [3.05, 3.63) is 47.0 Å². The van der Waals surface area contributed by atoms with Crippen molar-refractivity contribution in [2.75, 3.05) is 0 Å². The van der Waals surface area contributed by atoms with E-state index in [1.165, 1.54) is 0 Å². The first kappa shape index (κ1) is 13.5. The summed E-state index contributed by atoms with van der Waals surface area (Å²) in [5.74, 6) is -0.0405. The van der Waals surface area contributed by atoms with Gasteiger partial charge in [-0.05, 0) is 24.5 Å². The predicted molar refractivity (Wildman–Crippen MR) is 68.3 cm³/mol. The summed E-state index contributed by atoms with van der Waals surface area (Å²) in [4.78, 5) is 11.6. The number of benzene rings is 1. The van der Waals surface area contributed by atoms with Gasteiger partial charge in [0.15, 0.2) is 0 Å². The molecule has 2 N–H and O–H groups in total. The molecule has 0 aromatic heterocycles. The van der Waals surface area contributed by atoms with Gasteiger partial charge in [-0.2, -0.15) is 0 Å². The molecule has 0 radical (unpaired) electrons. The van der Waals surface area contributed by atoms with E-state index in [2.05, 4.69) is 5.32 Å². The topological polar surface area (TPSA) is 49.3 Å². The minimum atomic E-state index is -0.0405. The first-order valence-electron chi connectivity index (χ1n) is 5.81. The van der Waals surface area contributed by atoms with Crippen LogP contribution in [-0.4, -0.2) is 11.0 Å². The number of amides is 1. The SMILES string of the molecule is CCC=C(C)C(=O)NCc1cccc(CO)c1. The standard InChI is InChI=1S/C14H19NO2/c1-3-5-11(2)14(17)15-9-12-6-4-7-13(8-12)10-16/h4-8,16H,3,9-10H2,1-2H3,(H,15,17). The van der Waals surface area contributed by atoms with Crippen LogP contribution >= 0.6 is 0 Å². The Morgan fingerprint density at radius 1 is 1.41 bits per heavy atom. The van der Waals surface area contributed by atoms with E-state index >= 15 is 0 Å². The Kier molecular flexibility index (Phi) is 5.43. The van der Waals surface area contributed by atoms with E-state index in [0.717, 1.165) is 23.1 Å². The van der Waals surface area contributed by atoms with Crippen molar-refractivity contribution in [2.45, 2.75) is 33.4 Å². The van der Waals surface area contributed by atoms with Gasteiger partial charge >= 0.3 is 0 Å². The maximum atomic E-state index is 11.6. The fourth-order valence-electron chi connectivity index (χ4n) is 1.56. The average molecular weight is 233 g/mol. The van der Waals surface area contributed by atoms with E-state index in [4.69, 9.17) is 5.11 Å². The van der Waals surface area contributed by atoms with Gasteiger partial charge in [0.05, 0.1) is 6.61 Å². The lowest BCUT2D eigenvalue weighted by molar-refractivity contribution is -0.117. The third-order valence-corrected chi connectivity index (χ3v) is 2.50. The summed E-state index contributed by atoms with van der Waals surface area (Å²) in [6, 6.07) is 7.55. The highest BCUT2D eigenvalue weighted by Gasteiger charge is 2.03. The van der Waals surface area contributed by atoms with Crippen LogP contribution in [0.15, 0.2) is 35.9 Å². The largest absolute Gasteiger partial charge is 0.392 e. The molecule has 0 aliphatic rings. The molecular weight excluding hydrogens is 214 g/mol. The van der Waals surface area contributed by atoms with Gasteiger partial charge in [0.1, 0.15) is 0 Å². The van der Waals surface area contributed by atoms with E-state index in [1.807, 2.05) is 44.2 Å². The van der Waals surface area contributed by atoms with Crippen LogP contribution in [0.4, 0.5) is 0 Å². The van der Waals surface area contributed by atoms with E-state index in [9.17, 15) is 4.79 Å². The highest BCUT2D eigenvalue weighted by molar-refractivity contribution is 5.92. The van der Waals surface area contributed by atoms with Crippen LogP contribution in [0.5, 0.6) is 0 Å². The van der Waals surface area contributed by atoms with Gasteiger partial charge < -0.3 is 10.4 Å². The van der Waals surface area contributed by atoms with Crippen molar-refractivity contribution >= 4 is 5.91 Å². The van der Waals surface area contributed by atoms with Gasteiger partial charge in [0, 0.05) is 12.1 Å². The molecule has 1 amide bonds.